The quantitative estimate of drug-likeness (QED) is 0.389. The molecule has 0 saturated carbocycles. The van der Waals surface area contributed by atoms with E-state index >= 15 is 0 Å². The Hall–Kier alpha value is -3.11. The van der Waals surface area contributed by atoms with Crippen molar-refractivity contribution in [3.05, 3.63) is 57.2 Å². The Labute approximate surface area is 166 Å². The highest BCUT2D eigenvalue weighted by molar-refractivity contribution is 7.10. The molecule has 2 heterocycles. The summed E-state index contributed by atoms with van der Waals surface area (Å²) in [5, 5.41) is 21.6. The Kier molecular flexibility index (Phi) is 4.88. The van der Waals surface area contributed by atoms with E-state index in [0.29, 0.717) is 17.0 Å². The van der Waals surface area contributed by atoms with Crippen LogP contribution in [-0.2, 0) is 17.6 Å². The number of esters is 1. The van der Waals surface area contributed by atoms with Crippen molar-refractivity contribution < 1.29 is 14.6 Å². The average molecular weight is 393 g/mol. The van der Waals surface area contributed by atoms with E-state index in [1.165, 1.54) is 4.88 Å². The van der Waals surface area contributed by atoms with Crippen LogP contribution in [0.1, 0.15) is 40.0 Å². The van der Waals surface area contributed by atoms with Gasteiger partial charge >= 0.3 is 5.97 Å². The Morgan fingerprint density at radius 2 is 2.29 bits per heavy atom. The van der Waals surface area contributed by atoms with Gasteiger partial charge in [0.1, 0.15) is 18.2 Å². The molecule has 0 saturated heterocycles. The summed E-state index contributed by atoms with van der Waals surface area (Å²) >= 11 is 1.59. The summed E-state index contributed by atoms with van der Waals surface area (Å²) in [5.41, 5.74) is 3.05. The summed E-state index contributed by atoms with van der Waals surface area (Å²) < 4.78 is 5.29. The predicted octanol–water partition coefficient (Wildman–Crippen LogP) is 4.40. The number of carbonyl (C=O) groups excluding carboxylic acids is 1. The third-order valence-electron chi connectivity index (χ3n) is 4.99. The molecule has 0 fully saturated rings. The number of aromatic amines is 1. The maximum Gasteiger partial charge on any atom is 0.339 e. The number of nitriles is 1. The first-order chi connectivity index (χ1) is 13.6. The SMILES string of the molecule is C[C@H]1CCc2c(C(=O)OC/C(O)=C(\C#N)c3nc4ccccc4[nH]3)csc2C1. The first kappa shape index (κ1) is 18.3. The topological polar surface area (TPSA) is 99.0 Å². The number of rotatable bonds is 4. The minimum Gasteiger partial charge on any atom is -0.507 e. The number of allylic oxidation sites excluding steroid dienone is 1. The summed E-state index contributed by atoms with van der Waals surface area (Å²) in [5.74, 6) is 0.0799. The van der Waals surface area contributed by atoms with Gasteiger partial charge in [-0.2, -0.15) is 5.26 Å². The molecular weight excluding hydrogens is 374 g/mol. The van der Waals surface area contributed by atoms with E-state index in [1.807, 2.05) is 35.7 Å². The first-order valence-electron chi connectivity index (χ1n) is 9.10. The molecule has 3 aromatic rings. The number of para-hydroxylation sites is 2. The molecule has 2 aromatic heterocycles. The highest BCUT2D eigenvalue weighted by Crippen LogP contribution is 2.33. The summed E-state index contributed by atoms with van der Waals surface area (Å²) in [6, 6.07) is 9.27. The predicted molar refractivity (Wildman–Crippen MR) is 107 cm³/mol. The molecule has 1 aliphatic rings. The van der Waals surface area contributed by atoms with Gasteiger partial charge in [0.05, 0.1) is 16.6 Å². The maximum absolute atomic E-state index is 12.5. The van der Waals surface area contributed by atoms with Crippen molar-refractivity contribution in [2.75, 3.05) is 6.61 Å². The van der Waals surface area contributed by atoms with E-state index in [4.69, 9.17) is 4.74 Å². The summed E-state index contributed by atoms with van der Waals surface area (Å²) in [4.78, 5) is 21.0. The van der Waals surface area contributed by atoms with Crippen molar-refractivity contribution in [2.45, 2.75) is 26.2 Å². The van der Waals surface area contributed by atoms with E-state index in [1.54, 1.807) is 11.3 Å². The Morgan fingerprint density at radius 1 is 1.46 bits per heavy atom. The number of aliphatic hydroxyl groups is 1. The number of nitrogens with one attached hydrogen (secondary N) is 1. The molecule has 6 nitrogen and oxygen atoms in total. The number of hydrogen-bond donors (Lipinski definition) is 2. The molecule has 142 valence electrons. The van der Waals surface area contributed by atoms with Gasteiger partial charge in [0, 0.05) is 10.3 Å². The molecule has 0 bridgehead atoms. The second-order valence-electron chi connectivity index (χ2n) is 7.01. The van der Waals surface area contributed by atoms with Gasteiger partial charge in [-0.3, -0.25) is 0 Å². The van der Waals surface area contributed by atoms with Crippen LogP contribution < -0.4 is 0 Å². The van der Waals surface area contributed by atoms with E-state index in [0.717, 1.165) is 30.3 Å². The molecule has 0 amide bonds. The van der Waals surface area contributed by atoms with E-state index in [2.05, 4.69) is 16.9 Å². The molecule has 0 unspecified atom stereocenters. The Bertz CT molecular complexity index is 1090. The number of ether oxygens (including phenoxy) is 1. The van der Waals surface area contributed by atoms with E-state index < -0.39 is 5.97 Å². The van der Waals surface area contributed by atoms with Crippen molar-refractivity contribution >= 4 is 33.9 Å². The number of H-pyrrole nitrogens is 1. The largest absolute Gasteiger partial charge is 0.507 e. The Balaban J connectivity index is 1.52. The number of imidazole rings is 1. The summed E-state index contributed by atoms with van der Waals surface area (Å²) in [7, 11) is 0. The van der Waals surface area contributed by atoms with Crippen molar-refractivity contribution in [2.24, 2.45) is 5.92 Å². The molecule has 2 N–H and O–H groups in total. The van der Waals surface area contributed by atoms with E-state index in [9.17, 15) is 15.2 Å². The third-order valence-corrected chi connectivity index (χ3v) is 6.04. The van der Waals surface area contributed by atoms with Crippen LogP contribution in [0.3, 0.4) is 0 Å². The zero-order valence-electron chi connectivity index (χ0n) is 15.4. The van der Waals surface area contributed by atoms with Gasteiger partial charge in [-0.05, 0) is 42.9 Å². The number of nitrogens with zero attached hydrogens (tertiary/aromatic N) is 2. The van der Waals surface area contributed by atoms with Crippen LogP contribution in [0.25, 0.3) is 16.6 Å². The van der Waals surface area contributed by atoms with Crippen molar-refractivity contribution in [3.63, 3.8) is 0 Å². The number of benzene rings is 1. The summed E-state index contributed by atoms with van der Waals surface area (Å²) in [6.07, 6.45) is 2.91. The van der Waals surface area contributed by atoms with Crippen molar-refractivity contribution in [3.8, 4) is 6.07 Å². The van der Waals surface area contributed by atoms with Gasteiger partial charge in [0.25, 0.3) is 0 Å². The van der Waals surface area contributed by atoms with Gasteiger partial charge in [-0.25, -0.2) is 9.78 Å². The van der Waals surface area contributed by atoms with Crippen LogP contribution in [0.2, 0.25) is 0 Å². The van der Waals surface area contributed by atoms with Crippen LogP contribution in [0.5, 0.6) is 0 Å². The van der Waals surface area contributed by atoms with Crippen molar-refractivity contribution in [1.82, 2.24) is 9.97 Å². The fourth-order valence-electron chi connectivity index (χ4n) is 3.46. The highest BCUT2D eigenvalue weighted by Gasteiger charge is 2.24. The second-order valence-corrected chi connectivity index (χ2v) is 7.98. The lowest BCUT2D eigenvalue weighted by atomic mass is 9.88. The van der Waals surface area contributed by atoms with Crippen LogP contribution >= 0.6 is 11.3 Å². The first-order valence-corrected chi connectivity index (χ1v) is 9.98. The third kappa shape index (κ3) is 3.39. The number of thiophene rings is 1. The zero-order valence-corrected chi connectivity index (χ0v) is 16.2. The van der Waals surface area contributed by atoms with Crippen LogP contribution in [0.4, 0.5) is 0 Å². The number of aliphatic hydroxyl groups excluding tert-OH is 1. The normalized spacial score (nSPS) is 16.9. The fraction of sp³-hybridized carbons (Fsp3) is 0.286. The van der Waals surface area contributed by atoms with Gasteiger partial charge in [0.15, 0.2) is 11.6 Å². The molecule has 1 aromatic carbocycles. The Morgan fingerprint density at radius 3 is 3.07 bits per heavy atom. The van der Waals surface area contributed by atoms with Gasteiger partial charge < -0.3 is 14.8 Å². The number of fused-ring (bicyclic) bond motifs is 2. The maximum atomic E-state index is 12.5. The fourth-order valence-corrected chi connectivity index (χ4v) is 4.69. The minimum absolute atomic E-state index is 0.0369. The zero-order chi connectivity index (χ0) is 19.7. The lowest BCUT2D eigenvalue weighted by Crippen LogP contribution is -2.14. The molecule has 1 atom stereocenters. The minimum atomic E-state index is -0.472. The van der Waals surface area contributed by atoms with E-state index in [-0.39, 0.29) is 23.8 Å². The van der Waals surface area contributed by atoms with Gasteiger partial charge in [0.2, 0.25) is 0 Å². The van der Waals surface area contributed by atoms with Gasteiger partial charge in [-0.15, -0.1) is 11.3 Å². The molecule has 1 aliphatic carbocycles. The molecule has 0 spiro atoms. The highest BCUT2D eigenvalue weighted by atomic mass is 32.1. The lowest BCUT2D eigenvalue weighted by molar-refractivity contribution is 0.0501. The van der Waals surface area contributed by atoms with Crippen LogP contribution in [0, 0.1) is 17.2 Å². The van der Waals surface area contributed by atoms with Crippen LogP contribution in [0.15, 0.2) is 35.4 Å². The summed E-state index contributed by atoms with van der Waals surface area (Å²) in [6.45, 7) is 1.84. The monoisotopic (exact) mass is 393 g/mol. The molecule has 28 heavy (non-hydrogen) atoms. The number of hydrogen-bond acceptors (Lipinski definition) is 6. The smallest absolute Gasteiger partial charge is 0.339 e. The van der Waals surface area contributed by atoms with Crippen molar-refractivity contribution in [1.29, 1.82) is 5.26 Å². The molecule has 7 heteroatoms. The number of aromatic nitrogens is 2. The molecule has 0 aliphatic heterocycles. The average Bonchev–Trinajstić information content (AvgIpc) is 3.30. The number of carbonyl (C=O) groups is 1. The molecule has 4 rings (SSSR count). The second kappa shape index (κ2) is 7.49. The molecule has 0 radical (unpaired) electrons. The van der Waals surface area contributed by atoms with Crippen LogP contribution in [-0.4, -0.2) is 27.7 Å². The lowest BCUT2D eigenvalue weighted by Gasteiger charge is -2.18. The van der Waals surface area contributed by atoms with Gasteiger partial charge in [-0.1, -0.05) is 19.1 Å². The standard InChI is InChI=1S/C21H19N3O3S/c1-12-6-7-13-15(11-28-19(13)8-12)21(26)27-10-18(25)14(9-22)20-23-16-4-2-3-5-17(16)24-20/h2-5,11-12,25H,6-8,10H2,1H3,(H,23,24)/b18-14-/t12-/m0/s1. The molecular formula is C21H19N3O3S.